The van der Waals surface area contributed by atoms with Crippen molar-refractivity contribution < 1.29 is 14.3 Å². The van der Waals surface area contributed by atoms with Crippen LogP contribution in [0, 0.1) is 35.0 Å². The predicted molar refractivity (Wildman–Crippen MR) is 95.7 cm³/mol. The van der Waals surface area contributed by atoms with E-state index in [1.807, 2.05) is 7.11 Å². The van der Waals surface area contributed by atoms with Crippen molar-refractivity contribution in [2.24, 2.45) is 23.7 Å². The van der Waals surface area contributed by atoms with E-state index in [0.717, 1.165) is 50.4 Å². The molecule has 0 spiro atoms. The molecule has 0 radical (unpaired) electrons. The molecular formula is C21H33NO3. The molecule has 0 saturated heterocycles. The third-order valence-corrected chi connectivity index (χ3v) is 6.96. The highest BCUT2D eigenvalue weighted by atomic mass is 16.5. The van der Waals surface area contributed by atoms with Gasteiger partial charge in [0, 0.05) is 13.0 Å². The van der Waals surface area contributed by atoms with Crippen molar-refractivity contribution in [2.45, 2.75) is 89.3 Å². The third-order valence-electron chi connectivity index (χ3n) is 6.96. The van der Waals surface area contributed by atoms with Gasteiger partial charge in [-0.3, -0.25) is 4.79 Å². The highest BCUT2D eigenvalue weighted by molar-refractivity contribution is 5.72. The van der Waals surface area contributed by atoms with Gasteiger partial charge in [-0.05, 0) is 88.9 Å². The highest BCUT2D eigenvalue weighted by Gasteiger charge is 2.34. The molecule has 140 valence electrons. The van der Waals surface area contributed by atoms with Crippen LogP contribution in [0.3, 0.4) is 0 Å². The predicted octanol–water partition coefficient (Wildman–Crippen LogP) is 4.62. The lowest BCUT2D eigenvalue weighted by Gasteiger charge is -2.37. The van der Waals surface area contributed by atoms with Gasteiger partial charge >= 0.3 is 5.97 Å². The van der Waals surface area contributed by atoms with Gasteiger partial charge in [-0.2, -0.15) is 5.26 Å². The van der Waals surface area contributed by atoms with E-state index in [1.54, 1.807) is 0 Å². The number of rotatable bonds is 4. The van der Waals surface area contributed by atoms with Crippen LogP contribution >= 0.6 is 0 Å². The number of methoxy groups -OCH3 is 1. The van der Waals surface area contributed by atoms with Crippen molar-refractivity contribution >= 4 is 5.97 Å². The standard InChI is InChI=1S/C21H33NO3/c1-24-19-12-8-17(9-13-19)16-4-6-18(7-5-16)21(23)25-20-10-2-15(14-22)3-11-20/h15-20H,2-13H2,1H3. The molecule has 3 fully saturated rings. The molecular weight excluding hydrogens is 314 g/mol. The molecule has 3 aliphatic rings. The summed E-state index contributed by atoms with van der Waals surface area (Å²) in [5, 5.41) is 8.96. The lowest BCUT2D eigenvalue weighted by Crippen LogP contribution is -2.32. The van der Waals surface area contributed by atoms with E-state index in [0.29, 0.717) is 6.10 Å². The summed E-state index contributed by atoms with van der Waals surface area (Å²) in [6.45, 7) is 0. The maximum Gasteiger partial charge on any atom is 0.309 e. The van der Waals surface area contributed by atoms with Gasteiger partial charge in [-0.15, -0.1) is 0 Å². The average molecular weight is 347 g/mol. The van der Waals surface area contributed by atoms with E-state index in [1.165, 1.54) is 38.5 Å². The number of esters is 1. The monoisotopic (exact) mass is 347 g/mol. The van der Waals surface area contributed by atoms with E-state index >= 15 is 0 Å². The summed E-state index contributed by atoms with van der Waals surface area (Å²) in [5.41, 5.74) is 0. The molecule has 3 rings (SSSR count). The first-order valence-electron chi connectivity index (χ1n) is 10.3. The molecule has 0 atom stereocenters. The van der Waals surface area contributed by atoms with E-state index < -0.39 is 0 Å². The molecule has 0 aliphatic heterocycles. The lowest BCUT2D eigenvalue weighted by atomic mass is 9.70. The number of hydrogen-bond donors (Lipinski definition) is 0. The average Bonchev–Trinajstić information content (AvgIpc) is 2.69. The molecule has 3 saturated carbocycles. The molecule has 0 N–H and O–H groups in total. The normalized spacial score (nSPS) is 39.4. The van der Waals surface area contributed by atoms with Crippen molar-refractivity contribution in [3.63, 3.8) is 0 Å². The molecule has 0 aromatic heterocycles. The van der Waals surface area contributed by atoms with Gasteiger partial charge < -0.3 is 9.47 Å². The molecule has 0 aromatic rings. The fourth-order valence-electron chi connectivity index (χ4n) is 5.19. The fourth-order valence-corrected chi connectivity index (χ4v) is 5.19. The summed E-state index contributed by atoms with van der Waals surface area (Å²) >= 11 is 0. The Morgan fingerprint density at radius 2 is 1.32 bits per heavy atom. The molecule has 0 aromatic carbocycles. The number of nitrogens with zero attached hydrogens (tertiary/aromatic N) is 1. The first kappa shape index (κ1) is 18.7. The summed E-state index contributed by atoms with van der Waals surface area (Å²) < 4.78 is 11.3. The van der Waals surface area contributed by atoms with Gasteiger partial charge in [-0.25, -0.2) is 0 Å². The Morgan fingerprint density at radius 1 is 0.800 bits per heavy atom. The summed E-state index contributed by atoms with van der Waals surface area (Å²) in [5.74, 6) is 1.94. The lowest BCUT2D eigenvalue weighted by molar-refractivity contribution is -0.157. The number of nitriles is 1. The van der Waals surface area contributed by atoms with E-state index in [9.17, 15) is 4.79 Å². The van der Waals surface area contributed by atoms with Crippen LogP contribution < -0.4 is 0 Å². The Balaban J connectivity index is 1.37. The Hall–Kier alpha value is -1.08. The molecule has 0 bridgehead atoms. The van der Waals surface area contributed by atoms with Gasteiger partial charge in [0.25, 0.3) is 0 Å². The van der Waals surface area contributed by atoms with Crippen LogP contribution in [0.25, 0.3) is 0 Å². The van der Waals surface area contributed by atoms with Crippen LogP contribution in [-0.2, 0) is 14.3 Å². The maximum atomic E-state index is 12.5. The topological polar surface area (TPSA) is 59.3 Å². The molecule has 4 heteroatoms. The molecule has 0 unspecified atom stereocenters. The largest absolute Gasteiger partial charge is 0.462 e. The molecule has 0 heterocycles. The minimum Gasteiger partial charge on any atom is -0.462 e. The maximum absolute atomic E-state index is 12.5. The SMILES string of the molecule is COC1CCC(C2CCC(C(=O)OC3CCC(C#N)CC3)CC2)CC1. The van der Waals surface area contributed by atoms with Crippen LogP contribution in [0.5, 0.6) is 0 Å². The Bertz CT molecular complexity index is 462. The van der Waals surface area contributed by atoms with Crippen LogP contribution in [0.4, 0.5) is 0 Å². The summed E-state index contributed by atoms with van der Waals surface area (Å²) in [6, 6.07) is 2.34. The highest BCUT2D eigenvalue weighted by Crippen LogP contribution is 2.41. The number of carbonyl (C=O) groups excluding carboxylic acids is 1. The van der Waals surface area contributed by atoms with Crippen molar-refractivity contribution in [3.8, 4) is 6.07 Å². The van der Waals surface area contributed by atoms with E-state index in [4.69, 9.17) is 14.7 Å². The minimum atomic E-state index is 0.0296. The van der Waals surface area contributed by atoms with E-state index in [-0.39, 0.29) is 23.9 Å². The second-order valence-electron chi connectivity index (χ2n) is 8.42. The zero-order valence-corrected chi connectivity index (χ0v) is 15.6. The second kappa shape index (κ2) is 9.03. The summed E-state index contributed by atoms with van der Waals surface area (Å²) in [4.78, 5) is 12.5. The van der Waals surface area contributed by atoms with Crippen LogP contribution in [0.2, 0.25) is 0 Å². The smallest absolute Gasteiger partial charge is 0.309 e. The first-order valence-corrected chi connectivity index (χ1v) is 10.3. The van der Waals surface area contributed by atoms with Crippen molar-refractivity contribution in [3.05, 3.63) is 0 Å². The number of hydrogen-bond acceptors (Lipinski definition) is 4. The zero-order chi connectivity index (χ0) is 17.6. The van der Waals surface area contributed by atoms with E-state index in [2.05, 4.69) is 6.07 Å². The quantitative estimate of drug-likeness (QED) is 0.696. The summed E-state index contributed by atoms with van der Waals surface area (Å²) in [7, 11) is 1.83. The van der Waals surface area contributed by atoms with Crippen LogP contribution in [0.1, 0.15) is 77.0 Å². The van der Waals surface area contributed by atoms with Gasteiger partial charge in [0.05, 0.1) is 18.1 Å². The second-order valence-corrected chi connectivity index (χ2v) is 8.42. The number of carbonyl (C=O) groups is 1. The van der Waals surface area contributed by atoms with Gasteiger partial charge in [0.2, 0.25) is 0 Å². The van der Waals surface area contributed by atoms with Gasteiger partial charge in [0.1, 0.15) is 6.10 Å². The summed E-state index contributed by atoms with van der Waals surface area (Å²) in [6.07, 6.45) is 13.4. The third kappa shape index (κ3) is 4.97. The fraction of sp³-hybridized carbons (Fsp3) is 0.905. The van der Waals surface area contributed by atoms with Gasteiger partial charge in [-0.1, -0.05) is 0 Å². The molecule has 4 nitrogen and oxygen atoms in total. The minimum absolute atomic E-state index is 0.0296. The Morgan fingerprint density at radius 3 is 1.84 bits per heavy atom. The number of ether oxygens (including phenoxy) is 2. The Labute approximate surface area is 152 Å². The molecule has 3 aliphatic carbocycles. The van der Waals surface area contributed by atoms with Gasteiger partial charge in [0.15, 0.2) is 0 Å². The zero-order valence-electron chi connectivity index (χ0n) is 15.6. The molecule has 0 amide bonds. The van der Waals surface area contributed by atoms with Crippen molar-refractivity contribution in [2.75, 3.05) is 7.11 Å². The van der Waals surface area contributed by atoms with Crippen molar-refractivity contribution in [1.29, 1.82) is 5.26 Å². The first-order chi connectivity index (χ1) is 12.2. The Kier molecular flexibility index (Phi) is 6.76. The van der Waals surface area contributed by atoms with Crippen LogP contribution in [0.15, 0.2) is 0 Å². The molecule has 25 heavy (non-hydrogen) atoms. The van der Waals surface area contributed by atoms with Crippen LogP contribution in [-0.4, -0.2) is 25.3 Å². The van der Waals surface area contributed by atoms with Crippen molar-refractivity contribution in [1.82, 2.24) is 0 Å².